The highest BCUT2D eigenvalue weighted by atomic mass is 16.5. The fourth-order valence-electron chi connectivity index (χ4n) is 1.82. The monoisotopic (exact) mass is 254 g/mol. The Morgan fingerprint density at radius 1 is 1.32 bits per heavy atom. The van der Waals surface area contributed by atoms with Crippen LogP contribution < -0.4 is 4.74 Å². The number of aryl methyl sites for hydroxylation is 2. The number of methoxy groups -OCH3 is 1. The van der Waals surface area contributed by atoms with Crippen molar-refractivity contribution in [2.24, 2.45) is 0 Å². The van der Waals surface area contributed by atoms with Gasteiger partial charge in [0.05, 0.1) is 18.9 Å². The van der Waals surface area contributed by atoms with Gasteiger partial charge in [0.1, 0.15) is 11.8 Å². The molecule has 2 rings (SSSR count). The van der Waals surface area contributed by atoms with Crippen molar-refractivity contribution in [1.82, 2.24) is 4.98 Å². The van der Waals surface area contributed by atoms with Crippen molar-refractivity contribution in [2.45, 2.75) is 12.8 Å². The van der Waals surface area contributed by atoms with Gasteiger partial charge in [-0.25, -0.2) is 0 Å². The molecule has 96 valence electrons. The summed E-state index contributed by atoms with van der Waals surface area (Å²) in [6, 6.07) is 11.4. The van der Waals surface area contributed by atoms with Crippen LogP contribution in [-0.4, -0.2) is 17.2 Å². The molecule has 4 nitrogen and oxygen atoms in total. The SMILES string of the molecule is COc1cccc(CCc2cc(C#N)c(O)cn2)c1. The molecule has 0 saturated carbocycles. The van der Waals surface area contributed by atoms with Crippen LogP contribution in [0.25, 0.3) is 0 Å². The molecule has 0 saturated heterocycles. The molecule has 0 fully saturated rings. The molecule has 1 N–H and O–H groups in total. The van der Waals surface area contributed by atoms with Crippen LogP contribution in [0.15, 0.2) is 36.5 Å². The Hall–Kier alpha value is -2.54. The van der Waals surface area contributed by atoms with Gasteiger partial charge in [-0.15, -0.1) is 0 Å². The van der Waals surface area contributed by atoms with Crippen molar-refractivity contribution >= 4 is 0 Å². The highest BCUT2D eigenvalue weighted by molar-refractivity contribution is 5.41. The van der Waals surface area contributed by atoms with E-state index in [2.05, 4.69) is 4.98 Å². The van der Waals surface area contributed by atoms with E-state index >= 15 is 0 Å². The van der Waals surface area contributed by atoms with Gasteiger partial charge >= 0.3 is 0 Å². The highest BCUT2D eigenvalue weighted by Crippen LogP contribution is 2.17. The van der Waals surface area contributed by atoms with E-state index in [0.29, 0.717) is 6.42 Å². The second-order valence-electron chi connectivity index (χ2n) is 4.16. The summed E-state index contributed by atoms with van der Waals surface area (Å²) in [5.74, 6) is 0.751. The molecule has 0 aliphatic heterocycles. The van der Waals surface area contributed by atoms with E-state index in [9.17, 15) is 5.11 Å². The minimum Gasteiger partial charge on any atom is -0.505 e. The maximum absolute atomic E-state index is 9.39. The Labute approximate surface area is 111 Å². The molecule has 0 spiro atoms. The van der Waals surface area contributed by atoms with Crippen molar-refractivity contribution in [3.63, 3.8) is 0 Å². The molecule has 2 aromatic rings. The number of benzene rings is 1. The average Bonchev–Trinajstić information content (AvgIpc) is 2.46. The maximum atomic E-state index is 9.39. The lowest BCUT2D eigenvalue weighted by Crippen LogP contribution is -1.96. The summed E-state index contributed by atoms with van der Waals surface area (Å²) in [5, 5.41) is 18.2. The third-order valence-electron chi connectivity index (χ3n) is 2.86. The summed E-state index contributed by atoms with van der Waals surface area (Å²) in [7, 11) is 1.64. The maximum Gasteiger partial charge on any atom is 0.151 e. The van der Waals surface area contributed by atoms with Crippen LogP contribution in [0.5, 0.6) is 11.5 Å². The Kier molecular flexibility index (Phi) is 3.99. The van der Waals surface area contributed by atoms with Crippen LogP contribution in [0.1, 0.15) is 16.8 Å². The molecule has 0 aliphatic carbocycles. The quantitative estimate of drug-likeness (QED) is 0.910. The fourth-order valence-corrected chi connectivity index (χ4v) is 1.82. The number of ether oxygens (including phenoxy) is 1. The largest absolute Gasteiger partial charge is 0.505 e. The minimum atomic E-state index is -0.0763. The molecule has 1 heterocycles. The smallest absolute Gasteiger partial charge is 0.151 e. The van der Waals surface area contributed by atoms with Gasteiger partial charge in [0.2, 0.25) is 0 Å². The lowest BCUT2D eigenvalue weighted by molar-refractivity contribution is 0.414. The second kappa shape index (κ2) is 5.87. The van der Waals surface area contributed by atoms with Gasteiger partial charge in [0, 0.05) is 5.69 Å². The Morgan fingerprint density at radius 3 is 2.89 bits per heavy atom. The van der Waals surface area contributed by atoms with E-state index in [1.807, 2.05) is 30.3 Å². The van der Waals surface area contributed by atoms with Gasteiger partial charge in [0.15, 0.2) is 5.75 Å². The first-order valence-corrected chi connectivity index (χ1v) is 5.94. The second-order valence-corrected chi connectivity index (χ2v) is 4.16. The van der Waals surface area contributed by atoms with E-state index in [0.717, 1.165) is 23.4 Å². The van der Waals surface area contributed by atoms with Gasteiger partial charge in [0.25, 0.3) is 0 Å². The van der Waals surface area contributed by atoms with Gasteiger partial charge in [-0.3, -0.25) is 4.98 Å². The van der Waals surface area contributed by atoms with Gasteiger partial charge < -0.3 is 9.84 Å². The molecule has 19 heavy (non-hydrogen) atoms. The number of aromatic hydroxyl groups is 1. The van der Waals surface area contributed by atoms with E-state index < -0.39 is 0 Å². The summed E-state index contributed by atoms with van der Waals surface area (Å²) in [6.45, 7) is 0. The van der Waals surface area contributed by atoms with Gasteiger partial charge in [-0.2, -0.15) is 5.26 Å². The Balaban J connectivity index is 2.08. The summed E-state index contributed by atoms with van der Waals surface area (Å²) in [6.07, 6.45) is 2.83. The number of hydrogen-bond donors (Lipinski definition) is 1. The lowest BCUT2D eigenvalue weighted by atomic mass is 10.1. The first-order valence-electron chi connectivity index (χ1n) is 5.94. The van der Waals surface area contributed by atoms with Crippen LogP contribution in [0.3, 0.4) is 0 Å². The van der Waals surface area contributed by atoms with Crippen LogP contribution in [-0.2, 0) is 12.8 Å². The van der Waals surface area contributed by atoms with Crippen molar-refractivity contribution in [2.75, 3.05) is 7.11 Å². The van der Waals surface area contributed by atoms with Gasteiger partial charge in [-0.05, 0) is 36.6 Å². The summed E-state index contributed by atoms with van der Waals surface area (Å²) < 4.78 is 5.17. The van der Waals surface area contributed by atoms with Crippen LogP contribution in [0.4, 0.5) is 0 Å². The molecular weight excluding hydrogens is 240 g/mol. The molecule has 0 atom stereocenters. The zero-order valence-corrected chi connectivity index (χ0v) is 10.6. The number of pyridine rings is 1. The van der Waals surface area contributed by atoms with E-state index in [1.54, 1.807) is 13.2 Å². The van der Waals surface area contributed by atoms with Gasteiger partial charge in [-0.1, -0.05) is 12.1 Å². The van der Waals surface area contributed by atoms with Crippen molar-refractivity contribution in [3.8, 4) is 17.6 Å². The average molecular weight is 254 g/mol. The Morgan fingerprint density at radius 2 is 2.16 bits per heavy atom. The number of nitriles is 1. The van der Waals surface area contributed by atoms with E-state index in [-0.39, 0.29) is 11.3 Å². The first-order chi connectivity index (χ1) is 9.22. The topological polar surface area (TPSA) is 66.1 Å². The van der Waals surface area contributed by atoms with E-state index in [4.69, 9.17) is 10.00 Å². The number of nitrogens with zero attached hydrogens (tertiary/aromatic N) is 2. The number of rotatable bonds is 4. The molecule has 1 aromatic heterocycles. The van der Waals surface area contributed by atoms with Crippen LogP contribution in [0, 0.1) is 11.3 Å². The zero-order chi connectivity index (χ0) is 13.7. The molecule has 4 heteroatoms. The first kappa shape index (κ1) is 12.9. The molecule has 1 aromatic carbocycles. The van der Waals surface area contributed by atoms with Crippen molar-refractivity contribution < 1.29 is 9.84 Å². The summed E-state index contributed by atoms with van der Waals surface area (Å²) in [5.41, 5.74) is 2.19. The molecule has 0 unspecified atom stereocenters. The Bertz CT molecular complexity index is 618. The number of hydrogen-bond acceptors (Lipinski definition) is 4. The lowest BCUT2D eigenvalue weighted by Gasteiger charge is -2.05. The molecule has 0 aliphatic rings. The molecular formula is C15H14N2O2. The third kappa shape index (κ3) is 3.23. The molecule has 0 bridgehead atoms. The standard InChI is InChI=1S/C15H14N2O2/c1-19-14-4-2-3-11(7-14)5-6-13-8-12(9-16)15(18)10-17-13/h2-4,7-8,10,18H,5-6H2,1H3. The summed E-state index contributed by atoms with van der Waals surface area (Å²) >= 11 is 0. The van der Waals surface area contributed by atoms with Crippen molar-refractivity contribution in [3.05, 3.63) is 53.3 Å². The molecule has 0 radical (unpaired) electrons. The zero-order valence-electron chi connectivity index (χ0n) is 10.6. The van der Waals surface area contributed by atoms with Crippen molar-refractivity contribution in [1.29, 1.82) is 5.26 Å². The molecule has 0 amide bonds. The third-order valence-corrected chi connectivity index (χ3v) is 2.86. The van der Waals surface area contributed by atoms with E-state index in [1.165, 1.54) is 6.20 Å². The summed E-state index contributed by atoms with van der Waals surface area (Å²) in [4.78, 5) is 4.11. The van der Waals surface area contributed by atoms with Crippen LogP contribution in [0.2, 0.25) is 0 Å². The highest BCUT2D eigenvalue weighted by Gasteiger charge is 2.04. The fraction of sp³-hybridized carbons (Fsp3) is 0.200. The predicted molar refractivity (Wildman–Crippen MR) is 71.0 cm³/mol. The normalized spacial score (nSPS) is 9.89. The van der Waals surface area contributed by atoms with Crippen LogP contribution >= 0.6 is 0 Å². The number of aromatic nitrogens is 1. The minimum absolute atomic E-state index is 0.0763. The predicted octanol–water partition coefficient (Wildman–Crippen LogP) is 2.45.